The average Bonchev–Trinajstić information content (AvgIpc) is 2.92. The Morgan fingerprint density at radius 2 is 2.11 bits per heavy atom. The molecule has 0 saturated carbocycles. The van der Waals surface area contributed by atoms with Crippen LogP contribution in [0.25, 0.3) is 5.57 Å². The molecule has 0 aliphatic heterocycles. The molecule has 6 nitrogen and oxygen atoms in total. The fourth-order valence-electron chi connectivity index (χ4n) is 3.26. The molecule has 1 aliphatic carbocycles. The normalized spacial score (nSPS) is 17.8. The lowest BCUT2D eigenvalue weighted by Crippen LogP contribution is -2.04. The Kier molecular flexibility index (Phi) is 6.70. The number of allylic oxidation sites excluding steroid dienone is 4. The standard InChI is InChI=1S/C19H22NO5PS2/c1-2-13-7-8-14(16-6-4-3-5-15(13)16)9-10-17-18(21)20(19(27)28-17)11-12-25-26(22,23)24/h3-9,13,21H,2,10-12H2,1H3,(H2,22,23,24). The zero-order chi connectivity index (χ0) is 20.3. The van der Waals surface area contributed by atoms with Gasteiger partial charge in [-0.2, -0.15) is 0 Å². The summed E-state index contributed by atoms with van der Waals surface area (Å²) in [5, 5.41) is 10.5. The first-order valence-corrected chi connectivity index (χ1v) is 11.6. The van der Waals surface area contributed by atoms with Crippen molar-refractivity contribution in [2.75, 3.05) is 6.61 Å². The summed E-state index contributed by atoms with van der Waals surface area (Å²) in [5.74, 6) is 0.430. The van der Waals surface area contributed by atoms with Gasteiger partial charge in [0.2, 0.25) is 5.88 Å². The fourth-order valence-corrected chi connectivity index (χ4v) is 4.92. The molecule has 0 amide bonds. The molecule has 0 bridgehead atoms. The zero-order valence-corrected chi connectivity index (χ0v) is 17.8. The van der Waals surface area contributed by atoms with E-state index in [1.165, 1.54) is 27.0 Å². The summed E-state index contributed by atoms with van der Waals surface area (Å²) in [4.78, 5) is 18.2. The van der Waals surface area contributed by atoms with E-state index in [2.05, 4.69) is 47.9 Å². The van der Waals surface area contributed by atoms with Crippen LogP contribution in [0.1, 0.15) is 35.3 Å². The molecular weight excluding hydrogens is 417 g/mol. The fraction of sp³-hybridized carbons (Fsp3) is 0.316. The molecule has 3 N–H and O–H groups in total. The second-order valence-corrected chi connectivity index (χ2v) is 9.38. The van der Waals surface area contributed by atoms with Gasteiger partial charge in [0.25, 0.3) is 0 Å². The van der Waals surface area contributed by atoms with Gasteiger partial charge in [0.05, 0.1) is 18.0 Å². The number of aromatic nitrogens is 1. The van der Waals surface area contributed by atoms with Crippen molar-refractivity contribution in [3.63, 3.8) is 0 Å². The SMILES string of the molecule is CCC1C=CC(=CCc2sc(=S)n(CCOP(=O)(O)O)c2O)c2ccccc21. The quantitative estimate of drug-likeness (QED) is 0.425. The molecule has 28 heavy (non-hydrogen) atoms. The highest BCUT2D eigenvalue weighted by molar-refractivity contribution is 7.73. The highest BCUT2D eigenvalue weighted by atomic mass is 32.1. The van der Waals surface area contributed by atoms with Crippen LogP contribution in [0.5, 0.6) is 5.88 Å². The Morgan fingerprint density at radius 1 is 1.36 bits per heavy atom. The van der Waals surface area contributed by atoms with Gasteiger partial charge in [-0.3, -0.25) is 9.09 Å². The van der Waals surface area contributed by atoms with Gasteiger partial charge in [0.15, 0.2) is 3.95 Å². The number of aromatic hydroxyl groups is 1. The van der Waals surface area contributed by atoms with E-state index in [9.17, 15) is 9.67 Å². The number of hydrogen-bond acceptors (Lipinski definition) is 5. The summed E-state index contributed by atoms with van der Waals surface area (Å²) in [6.07, 6.45) is 7.95. The first kappa shape index (κ1) is 21.2. The van der Waals surface area contributed by atoms with Crippen LogP contribution < -0.4 is 0 Å². The topological polar surface area (TPSA) is 91.9 Å². The lowest BCUT2D eigenvalue weighted by Gasteiger charge is -2.21. The van der Waals surface area contributed by atoms with E-state index >= 15 is 0 Å². The van der Waals surface area contributed by atoms with Crippen molar-refractivity contribution >= 4 is 37.0 Å². The Balaban J connectivity index is 1.79. The summed E-state index contributed by atoms with van der Waals surface area (Å²) in [6, 6.07) is 8.34. The lowest BCUT2D eigenvalue weighted by molar-refractivity contribution is 0.188. The van der Waals surface area contributed by atoms with Gasteiger partial charge < -0.3 is 14.9 Å². The molecule has 0 fully saturated rings. The molecule has 1 aromatic heterocycles. The largest absolute Gasteiger partial charge is 0.494 e. The molecule has 1 aromatic carbocycles. The van der Waals surface area contributed by atoms with E-state index in [0.29, 0.717) is 21.2 Å². The Labute approximate surface area is 172 Å². The molecule has 0 radical (unpaired) electrons. The number of thiazole rings is 1. The minimum absolute atomic E-state index is 0.0145. The summed E-state index contributed by atoms with van der Waals surface area (Å²) >= 11 is 6.55. The van der Waals surface area contributed by atoms with Crippen LogP contribution >= 0.6 is 31.4 Å². The summed E-state index contributed by atoms with van der Waals surface area (Å²) in [7, 11) is -4.54. The van der Waals surface area contributed by atoms with E-state index in [0.717, 1.165) is 12.0 Å². The van der Waals surface area contributed by atoms with Crippen molar-refractivity contribution in [2.45, 2.75) is 32.2 Å². The van der Waals surface area contributed by atoms with Gasteiger partial charge in [0.1, 0.15) is 0 Å². The second kappa shape index (κ2) is 8.86. The van der Waals surface area contributed by atoms with Crippen molar-refractivity contribution in [1.29, 1.82) is 0 Å². The Bertz CT molecular complexity index is 1020. The van der Waals surface area contributed by atoms with Crippen molar-refractivity contribution < 1.29 is 24.0 Å². The monoisotopic (exact) mass is 439 g/mol. The van der Waals surface area contributed by atoms with E-state index < -0.39 is 7.82 Å². The van der Waals surface area contributed by atoms with Gasteiger partial charge in [-0.05, 0) is 35.3 Å². The first-order valence-electron chi connectivity index (χ1n) is 8.89. The third-order valence-corrected chi connectivity index (χ3v) is 6.62. The number of fused-ring (bicyclic) bond motifs is 1. The maximum Gasteiger partial charge on any atom is 0.469 e. The highest BCUT2D eigenvalue weighted by Crippen LogP contribution is 2.37. The smallest absolute Gasteiger partial charge is 0.469 e. The molecule has 2 aromatic rings. The number of rotatable bonds is 7. The van der Waals surface area contributed by atoms with E-state index in [-0.39, 0.29) is 19.0 Å². The Morgan fingerprint density at radius 3 is 2.82 bits per heavy atom. The molecule has 1 atom stereocenters. The van der Waals surface area contributed by atoms with Crippen LogP contribution in [0.3, 0.4) is 0 Å². The second-order valence-electron chi connectivity index (χ2n) is 6.41. The number of nitrogens with zero attached hydrogens (tertiary/aromatic N) is 1. The molecule has 150 valence electrons. The van der Waals surface area contributed by atoms with Gasteiger partial charge in [-0.15, -0.1) is 11.3 Å². The maximum absolute atomic E-state index is 10.8. The molecule has 1 heterocycles. The van der Waals surface area contributed by atoms with Crippen LogP contribution in [0.15, 0.2) is 42.5 Å². The molecule has 0 saturated heterocycles. The van der Waals surface area contributed by atoms with Gasteiger partial charge in [-0.1, -0.05) is 49.4 Å². The summed E-state index contributed by atoms with van der Waals surface area (Å²) < 4.78 is 17.1. The van der Waals surface area contributed by atoms with Crippen LogP contribution in [-0.2, 0) is 22.1 Å². The number of phosphoric acid groups is 1. The van der Waals surface area contributed by atoms with Crippen LogP contribution in [0.2, 0.25) is 0 Å². The van der Waals surface area contributed by atoms with E-state index in [1.807, 2.05) is 6.07 Å². The molecule has 1 aliphatic rings. The van der Waals surface area contributed by atoms with Gasteiger partial charge in [0, 0.05) is 12.3 Å². The molecule has 3 rings (SSSR count). The lowest BCUT2D eigenvalue weighted by atomic mass is 9.83. The van der Waals surface area contributed by atoms with Crippen LogP contribution in [0, 0.1) is 3.95 Å². The third kappa shape index (κ3) is 4.89. The first-order chi connectivity index (χ1) is 13.3. The Hall–Kier alpha value is -1.54. The average molecular weight is 439 g/mol. The van der Waals surface area contributed by atoms with E-state index in [1.54, 1.807) is 0 Å². The number of benzene rings is 1. The van der Waals surface area contributed by atoms with Crippen molar-refractivity contribution in [3.8, 4) is 5.88 Å². The van der Waals surface area contributed by atoms with Crippen molar-refractivity contribution in [3.05, 3.63) is 62.5 Å². The van der Waals surface area contributed by atoms with E-state index in [4.69, 9.17) is 22.0 Å². The molecule has 1 unspecified atom stereocenters. The zero-order valence-electron chi connectivity index (χ0n) is 15.3. The minimum Gasteiger partial charge on any atom is -0.494 e. The number of phosphoric ester groups is 1. The molecule has 0 spiro atoms. The summed E-state index contributed by atoms with van der Waals surface area (Å²) in [5.41, 5.74) is 3.62. The van der Waals surface area contributed by atoms with Crippen molar-refractivity contribution in [1.82, 2.24) is 4.57 Å². The van der Waals surface area contributed by atoms with Crippen LogP contribution in [0.4, 0.5) is 0 Å². The third-order valence-electron chi connectivity index (χ3n) is 4.64. The van der Waals surface area contributed by atoms with Gasteiger partial charge >= 0.3 is 7.82 Å². The van der Waals surface area contributed by atoms with Crippen LogP contribution in [-0.4, -0.2) is 26.1 Å². The van der Waals surface area contributed by atoms with Crippen molar-refractivity contribution in [2.24, 2.45) is 0 Å². The predicted octanol–water partition coefficient (Wildman–Crippen LogP) is 4.78. The summed E-state index contributed by atoms with van der Waals surface area (Å²) in [6.45, 7) is 2.01. The number of hydrogen-bond donors (Lipinski definition) is 3. The molecule has 9 heteroatoms. The predicted molar refractivity (Wildman–Crippen MR) is 113 cm³/mol. The highest BCUT2D eigenvalue weighted by Gasteiger charge is 2.18. The maximum atomic E-state index is 10.8. The minimum atomic E-state index is -4.54. The molecular formula is C19H22NO5PS2. The van der Waals surface area contributed by atoms with Gasteiger partial charge in [-0.25, -0.2) is 4.57 Å².